The molecular formula is C16H14BrClN2O2. The van der Waals surface area contributed by atoms with E-state index in [1.807, 2.05) is 18.2 Å². The van der Waals surface area contributed by atoms with Crippen LogP contribution in [0.1, 0.15) is 16.8 Å². The van der Waals surface area contributed by atoms with Crippen LogP contribution in [-0.2, 0) is 0 Å². The van der Waals surface area contributed by atoms with Crippen LogP contribution in [0.3, 0.4) is 0 Å². The summed E-state index contributed by atoms with van der Waals surface area (Å²) in [6, 6.07) is 9.24. The minimum absolute atomic E-state index is 0.00977. The molecule has 2 aromatic rings. The quantitative estimate of drug-likeness (QED) is 0.752. The average Bonchev–Trinajstić information content (AvgIpc) is 2.98. The number of carbonyl (C=O) groups excluding carboxylic acids is 1. The van der Waals surface area contributed by atoms with E-state index in [2.05, 4.69) is 25.8 Å². The number of halogens is 2. The van der Waals surface area contributed by atoms with Gasteiger partial charge in [-0.15, -0.1) is 0 Å². The maximum absolute atomic E-state index is 11.2. The molecule has 4 nitrogen and oxygen atoms in total. The van der Waals surface area contributed by atoms with E-state index in [1.165, 1.54) is 0 Å². The molecule has 1 saturated heterocycles. The zero-order chi connectivity index (χ0) is 15.5. The van der Waals surface area contributed by atoms with Crippen LogP contribution in [0.25, 0.3) is 0 Å². The smallest absolute Gasteiger partial charge is 0.232 e. The summed E-state index contributed by atoms with van der Waals surface area (Å²) in [4.78, 5) is 17.5. The Balaban J connectivity index is 1.73. The maximum Gasteiger partial charge on any atom is 0.232 e. The molecule has 1 aliphatic heterocycles. The molecule has 1 atom stereocenters. The highest BCUT2D eigenvalue weighted by Gasteiger charge is 2.26. The minimum atomic E-state index is 0.00977. The highest BCUT2D eigenvalue weighted by atomic mass is 79.9. The Labute approximate surface area is 142 Å². The minimum Gasteiger partial charge on any atom is -0.471 e. The second-order valence-electron chi connectivity index (χ2n) is 5.09. The normalized spacial score (nSPS) is 17.5. The van der Waals surface area contributed by atoms with Crippen LogP contribution in [0, 0.1) is 0 Å². The van der Waals surface area contributed by atoms with E-state index < -0.39 is 0 Å². The van der Waals surface area contributed by atoms with E-state index >= 15 is 0 Å². The summed E-state index contributed by atoms with van der Waals surface area (Å²) >= 11 is 9.45. The summed E-state index contributed by atoms with van der Waals surface area (Å²) in [5.41, 5.74) is 1.60. The van der Waals surface area contributed by atoms with Crippen molar-refractivity contribution in [3.05, 3.63) is 51.6 Å². The van der Waals surface area contributed by atoms with Gasteiger partial charge in [0.25, 0.3) is 0 Å². The van der Waals surface area contributed by atoms with Crippen molar-refractivity contribution >= 4 is 39.5 Å². The lowest BCUT2D eigenvalue weighted by atomic mass is 10.2. The third-order valence-electron chi connectivity index (χ3n) is 3.61. The number of hydrogen-bond acceptors (Lipinski definition) is 4. The zero-order valence-corrected chi connectivity index (χ0v) is 14.0. The molecule has 6 heteroatoms. The predicted octanol–water partition coefficient (Wildman–Crippen LogP) is 3.97. The SMILES string of the molecule is O=Cc1cc(Br)ccc1N1CC[C@H](Oc2ncccc2Cl)C1. The van der Waals surface area contributed by atoms with Gasteiger partial charge in [-0.25, -0.2) is 4.98 Å². The number of ether oxygens (including phenoxy) is 1. The van der Waals surface area contributed by atoms with E-state index in [1.54, 1.807) is 18.3 Å². The molecule has 114 valence electrons. The fourth-order valence-electron chi connectivity index (χ4n) is 2.57. The Hall–Kier alpha value is -1.59. The van der Waals surface area contributed by atoms with Crippen molar-refractivity contribution in [2.24, 2.45) is 0 Å². The molecule has 1 aromatic heterocycles. The predicted molar refractivity (Wildman–Crippen MR) is 90.0 cm³/mol. The second kappa shape index (κ2) is 6.67. The summed E-state index contributed by atoms with van der Waals surface area (Å²) in [7, 11) is 0. The Kier molecular flexibility index (Phi) is 4.64. The first-order valence-corrected chi connectivity index (χ1v) is 8.11. The van der Waals surface area contributed by atoms with Gasteiger partial charge < -0.3 is 9.64 Å². The third-order valence-corrected chi connectivity index (χ3v) is 4.39. The molecule has 0 radical (unpaired) electrons. The number of aromatic nitrogens is 1. The Morgan fingerprint density at radius 1 is 1.41 bits per heavy atom. The van der Waals surface area contributed by atoms with Gasteiger partial charge in [-0.05, 0) is 30.3 Å². The van der Waals surface area contributed by atoms with Crippen molar-refractivity contribution < 1.29 is 9.53 Å². The van der Waals surface area contributed by atoms with Gasteiger partial charge in [-0.2, -0.15) is 0 Å². The maximum atomic E-state index is 11.2. The Bertz CT molecular complexity index is 696. The molecule has 1 fully saturated rings. The number of nitrogens with zero attached hydrogens (tertiary/aromatic N) is 2. The molecule has 22 heavy (non-hydrogen) atoms. The highest BCUT2D eigenvalue weighted by molar-refractivity contribution is 9.10. The van der Waals surface area contributed by atoms with Crippen molar-refractivity contribution in [3.63, 3.8) is 0 Å². The number of pyridine rings is 1. The number of benzene rings is 1. The monoisotopic (exact) mass is 380 g/mol. The third kappa shape index (κ3) is 3.25. The number of carbonyl (C=O) groups is 1. The molecule has 0 spiro atoms. The summed E-state index contributed by atoms with van der Waals surface area (Å²) < 4.78 is 6.77. The molecule has 1 aliphatic rings. The zero-order valence-electron chi connectivity index (χ0n) is 11.7. The van der Waals surface area contributed by atoms with Gasteiger partial charge in [-0.3, -0.25) is 4.79 Å². The first-order chi connectivity index (χ1) is 10.7. The van der Waals surface area contributed by atoms with Crippen LogP contribution >= 0.6 is 27.5 Å². The molecule has 0 saturated carbocycles. The van der Waals surface area contributed by atoms with Crippen LogP contribution in [0.15, 0.2) is 41.0 Å². The number of rotatable bonds is 4. The fourth-order valence-corrected chi connectivity index (χ4v) is 3.11. The van der Waals surface area contributed by atoms with Crippen LogP contribution in [0.5, 0.6) is 5.88 Å². The standard InChI is InChI=1S/C16H14BrClN2O2/c17-12-3-4-15(11(8-12)10-21)20-7-5-13(9-20)22-16-14(18)2-1-6-19-16/h1-4,6,8,10,13H,5,7,9H2/t13-/m0/s1. The molecule has 0 bridgehead atoms. The summed E-state index contributed by atoms with van der Waals surface area (Å²) in [5, 5.41) is 0.512. The van der Waals surface area contributed by atoms with E-state index in [0.717, 1.165) is 29.4 Å². The van der Waals surface area contributed by atoms with Crippen LogP contribution in [0.2, 0.25) is 5.02 Å². The molecule has 2 heterocycles. The van der Waals surface area contributed by atoms with Crippen LogP contribution in [0.4, 0.5) is 5.69 Å². The second-order valence-corrected chi connectivity index (χ2v) is 6.41. The molecular weight excluding hydrogens is 368 g/mol. The van der Waals surface area contributed by atoms with E-state index in [0.29, 0.717) is 23.0 Å². The van der Waals surface area contributed by atoms with Gasteiger partial charge in [0.15, 0.2) is 6.29 Å². The van der Waals surface area contributed by atoms with Crippen molar-refractivity contribution in [1.29, 1.82) is 0 Å². The van der Waals surface area contributed by atoms with Gasteiger partial charge in [0, 0.05) is 34.9 Å². The molecule has 0 unspecified atom stereocenters. The van der Waals surface area contributed by atoms with Gasteiger partial charge >= 0.3 is 0 Å². The molecule has 0 amide bonds. The lowest BCUT2D eigenvalue weighted by molar-refractivity contribution is 0.112. The van der Waals surface area contributed by atoms with Gasteiger partial charge in [0.2, 0.25) is 5.88 Å². The fraction of sp³-hybridized carbons (Fsp3) is 0.250. The Morgan fingerprint density at radius 2 is 2.27 bits per heavy atom. The molecule has 0 N–H and O–H groups in total. The number of aldehydes is 1. The largest absolute Gasteiger partial charge is 0.471 e. The molecule has 3 rings (SSSR count). The molecule has 0 aliphatic carbocycles. The van der Waals surface area contributed by atoms with Crippen molar-refractivity contribution in [3.8, 4) is 5.88 Å². The number of hydrogen-bond donors (Lipinski definition) is 0. The first kappa shape index (κ1) is 15.3. The molecule has 1 aromatic carbocycles. The van der Waals surface area contributed by atoms with Crippen molar-refractivity contribution in [2.45, 2.75) is 12.5 Å². The van der Waals surface area contributed by atoms with Crippen molar-refractivity contribution in [2.75, 3.05) is 18.0 Å². The van der Waals surface area contributed by atoms with Crippen LogP contribution in [-0.4, -0.2) is 30.5 Å². The lowest BCUT2D eigenvalue weighted by Gasteiger charge is -2.20. The number of anilines is 1. The first-order valence-electron chi connectivity index (χ1n) is 6.94. The average molecular weight is 382 g/mol. The van der Waals surface area contributed by atoms with Gasteiger partial charge in [0.1, 0.15) is 11.1 Å². The summed E-state index contributed by atoms with van der Waals surface area (Å²) in [6.07, 6.45) is 3.41. The van der Waals surface area contributed by atoms with Crippen molar-refractivity contribution in [1.82, 2.24) is 4.98 Å². The summed E-state index contributed by atoms with van der Waals surface area (Å²) in [6.45, 7) is 1.53. The van der Waals surface area contributed by atoms with E-state index in [4.69, 9.17) is 16.3 Å². The lowest BCUT2D eigenvalue weighted by Crippen LogP contribution is -2.25. The van der Waals surface area contributed by atoms with E-state index in [9.17, 15) is 4.79 Å². The van der Waals surface area contributed by atoms with Gasteiger partial charge in [-0.1, -0.05) is 27.5 Å². The summed E-state index contributed by atoms with van der Waals surface area (Å²) in [5.74, 6) is 0.461. The van der Waals surface area contributed by atoms with E-state index in [-0.39, 0.29) is 6.10 Å². The Morgan fingerprint density at radius 3 is 3.05 bits per heavy atom. The highest BCUT2D eigenvalue weighted by Crippen LogP contribution is 2.29. The van der Waals surface area contributed by atoms with Gasteiger partial charge in [0.05, 0.1) is 6.54 Å². The van der Waals surface area contributed by atoms with Crippen LogP contribution < -0.4 is 9.64 Å². The topological polar surface area (TPSA) is 42.4 Å².